The van der Waals surface area contributed by atoms with Crippen molar-refractivity contribution in [3.8, 4) is 0 Å². The SMILES string of the molecule is C/C(=C\C(=O)O)NC=O. The zero-order valence-corrected chi connectivity index (χ0v) is 4.92. The lowest BCUT2D eigenvalue weighted by Gasteiger charge is -1.91. The Morgan fingerprint density at radius 2 is 2.22 bits per heavy atom. The predicted molar refractivity (Wildman–Crippen MR) is 30.6 cm³/mol. The zero-order chi connectivity index (χ0) is 7.28. The second-order valence-corrected chi connectivity index (χ2v) is 1.43. The van der Waals surface area contributed by atoms with Gasteiger partial charge in [0.25, 0.3) is 0 Å². The third-order valence-electron chi connectivity index (χ3n) is 0.627. The van der Waals surface area contributed by atoms with Crippen LogP contribution in [0.1, 0.15) is 6.92 Å². The summed E-state index contributed by atoms with van der Waals surface area (Å²) in [5, 5.41) is 10.3. The molecule has 0 aliphatic heterocycles. The van der Waals surface area contributed by atoms with E-state index in [2.05, 4.69) is 5.32 Å². The van der Waals surface area contributed by atoms with Crippen LogP contribution in [0.25, 0.3) is 0 Å². The van der Waals surface area contributed by atoms with Gasteiger partial charge in [-0.3, -0.25) is 4.79 Å². The summed E-state index contributed by atoms with van der Waals surface area (Å²) in [5.41, 5.74) is 0.317. The van der Waals surface area contributed by atoms with Crippen molar-refractivity contribution in [1.82, 2.24) is 5.32 Å². The van der Waals surface area contributed by atoms with Crippen molar-refractivity contribution >= 4 is 12.4 Å². The van der Waals surface area contributed by atoms with Crippen LogP contribution >= 0.6 is 0 Å². The Morgan fingerprint density at radius 3 is 2.56 bits per heavy atom. The van der Waals surface area contributed by atoms with Crippen LogP contribution in [0.4, 0.5) is 0 Å². The Balaban J connectivity index is 3.83. The van der Waals surface area contributed by atoms with E-state index in [1.807, 2.05) is 0 Å². The standard InChI is InChI=1S/C5H7NO3/c1-4(6-3-7)2-5(8)9/h2-3H,1H3,(H,6,7)(H,8,9)/b4-2+. The van der Waals surface area contributed by atoms with Gasteiger partial charge in [-0.2, -0.15) is 0 Å². The molecule has 9 heavy (non-hydrogen) atoms. The molecule has 0 unspecified atom stereocenters. The quantitative estimate of drug-likeness (QED) is 0.407. The van der Waals surface area contributed by atoms with E-state index in [0.717, 1.165) is 6.08 Å². The number of carbonyl (C=O) groups is 2. The number of carbonyl (C=O) groups excluding carboxylic acids is 1. The van der Waals surface area contributed by atoms with Gasteiger partial charge in [0.05, 0.1) is 0 Å². The van der Waals surface area contributed by atoms with E-state index < -0.39 is 5.97 Å². The maximum atomic E-state index is 9.85. The van der Waals surface area contributed by atoms with Gasteiger partial charge in [-0.25, -0.2) is 4.79 Å². The number of nitrogens with one attached hydrogen (secondary N) is 1. The number of carboxylic acid groups (broad SMARTS) is 1. The van der Waals surface area contributed by atoms with E-state index in [-0.39, 0.29) is 0 Å². The Labute approximate surface area is 52.2 Å². The molecule has 4 nitrogen and oxygen atoms in total. The van der Waals surface area contributed by atoms with Crippen LogP contribution in [-0.4, -0.2) is 17.5 Å². The van der Waals surface area contributed by atoms with Gasteiger partial charge < -0.3 is 10.4 Å². The Kier molecular flexibility index (Phi) is 3.12. The fraction of sp³-hybridized carbons (Fsp3) is 0.200. The minimum atomic E-state index is -1.07. The van der Waals surface area contributed by atoms with Gasteiger partial charge in [0.2, 0.25) is 6.41 Å². The number of amides is 1. The summed E-state index contributed by atoms with van der Waals surface area (Å²) in [6.07, 6.45) is 1.34. The van der Waals surface area contributed by atoms with Crippen molar-refractivity contribution in [2.24, 2.45) is 0 Å². The average molecular weight is 129 g/mol. The Bertz CT molecular complexity index is 150. The van der Waals surface area contributed by atoms with Crippen LogP contribution in [-0.2, 0) is 9.59 Å². The van der Waals surface area contributed by atoms with E-state index in [1.165, 1.54) is 6.92 Å². The van der Waals surface area contributed by atoms with Crippen LogP contribution in [0.15, 0.2) is 11.8 Å². The zero-order valence-electron chi connectivity index (χ0n) is 4.92. The lowest BCUT2D eigenvalue weighted by Crippen LogP contribution is -2.08. The van der Waals surface area contributed by atoms with Crippen molar-refractivity contribution in [2.75, 3.05) is 0 Å². The monoisotopic (exact) mass is 129 g/mol. The first kappa shape index (κ1) is 7.68. The van der Waals surface area contributed by atoms with E-state index in [9.17, 15) is 9.59 Å². The third-order valence-corrected chi connectivity index (χ3v) is 0.627. The highest BCUT2D eigenvalue weighted by Gasteiger charge is 1.89. The number of hydrogen-bond donors (Lipinski definition) is 2. The molecule has 1 amide bonds. The molecular formula is C5H7NO3. The fourth-order valence-corrected chi connectivity index (χ4v) is 0.320. The molecule has 0 fully saturated rings. The molecule has 0 rings (SSSR count). The van der Waals surface area contributed by atoms with Gasteiger partial charge in [0, 0.05) is 11.8 Å². The largest absolute Gasteiger partial charge is 0.478 e. The molecule has 50 valence electrons. The molecule has 0 aliphatic carbocycles. The minimum absolute atomic E-state index is 0.317. The summed E-state index contributed by atoms with van der Waals surface area (Å²) < 4.78 is 0. The second-order valence-electron chi connectivity index (χ2n) is 1.43. The average Bonchev–Trinajstić information content (AvgIpc) is 1.63. The molecule has 0 saturated heterocycles. The first-order valence-corrected chi connectivity index (χ1v) is 2.28. The molecule has 4 heteroatoms. The lowest BCUT2D eigenvalue weighted by molar-refractivity contribution is -0.131. The summed E-state index contributed by atoms with van der Waals surface area (Å²) in [7, 11) is 0. The van der Waals surface area contributed by atoms with Crippen LogP contribution in [0.2, 0.25) is 0 Å². The Hall–Kier alpha value is -1.32. The highest BCUT2D eigenvalue weighted by atomic mass is 16.4. The lowest BCUT2D eigenvalue weighted by atomic mass is 10.4. The molecule has 0 saturated carbocycles. The van der Waals surface area contributed by atoms with Gasteiger partial charge in [0.15, 0.2) is 0 Å². The van der Waals surface area contributed by atoms with Crippen LogP contribution in [0, 0.1) is 0 Å². The molecule has 0 aromatic rings. The molecule has 0 heterocycles. The van der Waals surface area contributed by atoms with E-state index in [0.29, 0.717) is 12.1 Å². The molecule has 2 N–H and O–H groups in total. The molecular weight excluding hydrogens is 122 g/mol. The molecule has 0 atom stereocenters. The highest BCUT2D eigenvalue weighted by Crippen LogP contribution is 1.81. The third kappa shape index (κ3) is 4.53. The summed E-state index contributed by atoms with van der Waals surface area (Å²) in [5.74, 6) is -1.07. The van der Waals surface area contributed by atoms with Gasteiger partial charge in [-0.1, -0.05) is 0 Å². The van der Waals surface area contributed by atoms with Crippen LogP contribution < -0.4 is 5.32 Å². The molecule has 0 spiro atoms. The van der Waals surface area contributed by atoms with Crippen LogP contribution in [0.5, 0.6) is 0 Å². The Morgan fingerprint density at radius 1 is 1.67 bits per heavy atom. The number of hydrogen-bond acceptors (Lipinski definition) is 2. The predicted octanol–water partition coefficient (Wildman–Crippen LogP) is -0.279. The topological polar surface area (TPSA) is 66.4 Å². The number of rotatable bonds is 3. The maximum Gasteiger partial charge on any atom is 0.330 e. The van der Waals surface area contributed by atoms with E-state index in [1.54, 1.807) is 0 Å². The molecule has 0 radical (unpaired) electrons. The summed E-state index contributed by atoms with van der Waals surface area (Å²) in [6.45, 7) is 1.49. The fourth-order valence-electron chi connectivity index (χ4n) is 0.320. The second kappa shape index (κ2) is 3.65. The van der Waals surface area contributed by atoms with Gasteiger partial charge in [0.1, 0.15) is 0 Å². The summed E-state index contributed by atoms with van der Waals surface area (Å²) in [4.78, 5) is 19.5. The van der Waals surface area contributed by atoms with E-state index >= 15 is 0 Å². The van der Waals surface area contributed by atoms with Crippen molar-refractivity contribution in [3.63, 3.8) is 0 Å². The first-order valence-electron chi connectivity index (χ1n) is 2.28. The highest BCUT2D eigenvalue weighted by molar-refractivity contribution is 5.80. The summed E-state index contributed by atoms with van der Waals surface area (Å²) in [6, 6.07) is 0. The summed E-state index contributed by atoms with van der Waals surface area (Å²) >= 11 is 0. The van der Waals surface area contributed by atoms with Gasteiger partial charge in [-0.15, -0.1) is 0 Å². The molecule has 0 bridgehead atoms. The first-order chi connectivity index (χ1) is 4.16. The smallest absolute Gasteiger partial charge is 0.330 e. The van der Waals surface area contributed by atoms with E-state index in [4.69, 9.17) is 5.11 Å². The maximum absolute atomic E-state index is 9.85. The number of aliphatic carboxylic acids is 1. The van der Waals surface area contributed by atoms with Gasteiger partial charge in [-0.05, 0) is 6.92 Å². The number of allylic oxidation sites excluding steroid dienone is 1. The van der Waals surface area contributed by atoms with Crippen LogP contribution in [0.3, 0.4) is 0 Å². The molecule has 0 aromatic carbocycles. The normalized spacial score (nSPS) is 10.6. The van der Waals surface area contributed by atoms with Crippen molar-refractivity contribution in [3.05, 3.63) is 11.8 Å². The molecule has 0 aromatic heterocycles. The van der Waals surface area contributed by atoms with Crippen molar-refractivity contribution < 1.29 is 14.7 Å². The van der Waals surface area contributed by atoms with Crippen molar-refractivity contribution in [2.45, 2.75) is 6.92 Å². The molecule has 0 aliphatic rings. The number of carboxylic acids is 1. The minimum Gasteiger partial charge on any atom is -0.478 e. The van der Waals surface area contributed by atoms with Gasteiger partial charge >= 0.3 is 5.97 Å². The van der Waals surface area contributed by atoms with Crippen molar-refractivity contribution in [1.29, 1.82) is 0 Å².